The van der Waals surface area contributed by atoms with Crippen LogP contribution in [0.2, 0.25) is 5.02 Å². The Morgan fingerprint density at radius 3 is 2.43 bits per heavy atom. The van der Waals surface area contributed by atoms with Crippen LogP contribution in [0.5, 0.6) is 0 Å². The molecule has 0 saturated carbocycles. The lowest BCUT2D eigenvalue weighted by Gasteiger charge is -2.17. The highest BCUT2D eigenvalue weighted by Crippen LogP contribution is 2.22. The number of carbonyl (C=O) groups excluding carboxylic acids is 1. The SMILES string of the molecule is C[C@H](NC(=O)CC(N)c1ccccc1)c1ccccc1Cl. The van der Waals surface area contributed by atoms with Crippen LogP contribution in [0.3, 0.4) is 0 Å². The fourth-order valence-corrected chi connectivity index (χ4v) is 2.52. The van der Waals surface area contributed by atoms with Crippen molar-refractivity contribution in [3.63, 3.8) is 0 Å². The molecule has 21 heavy (non-hydrogen) atoms. The minimum absolute atomic E-state index is 0.0845. The highest BCUT2D eigenvalue weighted by molar-refractivity contribution is 6.31. The molecule has 0 radical (unpaired) electrons. The molecule has 1 amide bonds. The molecule has 2 atom stereocenters. The van der Waals surface area contributed by atoms with E-state index in [-0.39, 0.29) is 24.4 Å². The molecule has 110 valence electrons. The first-order chi connectivity index (χ1) is 10.1. The highest BCUT2D eigenvalue weighted by Gasteiger charge is 2.15. The van der Waals surface area contributed by atoms with Gasteiger partial charge in [-0.2, -0.15) is 0 Å². The third-order valence-corrected chi connectivity index (χ3v) is 3.73. The number of hydrogen-bond acceptors (Lipinski definition) is 2. The van der Waals surface area contributed by atoms with E-state index in [2.05, 4.69) is 5.32 Å². The number of nitrogens with one attached hydrogen (secondary N) is 1. The van der Waals surface area contributed by atoms with Crippen molar-refractivity contribution >= 4 is 17.5 Å². The predicted octanol–water partition coefficient (Wildman–Crippen LogP) is 3.61. The lowest BCUT2D eigenvalue weighted by molar-refractivity contribution is -0.122. The van der Waals surface area contributed by atoms with Gasteiger partial charge in [-0.1, -0.05) is 60.1 Å². The van der Waals surface area contributed by atoms with Crippen molar-refractivity contribution < 1.29 is 4.79 Å². The second-order valence-electron chi connectivity index (χ2n) is 5.03. The van der Waals surface area contributed by atoms with Crippen molar-refractivity contribution in [1.82, 2.24) is 5.32 Å². The Kier molecular flexibility index (Phi) is 5.37. The normalized spacial score (nSPS) is 13.5. The Bertz CT molecular complexity index is 601. The maximum absolute atomic E-state index is 12.1. The summed E-state index contributed by atoms with van der Waals surface area (Å²) in [5, 5.41) is 3.58. The molecule has 2 aromatic carbocycles. The molecule has 0 aromatic heterocycles. The average molecular weight is 303 g/mol. The largest absolute Gasteiger partial charge is 0.349 e. The molecule has 4 heteroatoms. The topological polar surface area (TPSA) is 55.1 Å². The van der Waals surface area contributed by atoms with E-state index in [1.807, 2.05) is 61.5 Å². The van der Waals surface area contributed by atoms with Gasteiger partial charge in [0.05, 0.1) is 6.04 Å². The van der Waals surface area contributed by atoms with Crippen molar-refractivity contribution in [3.8, 4) is 0 Å². The van der Waals surface area contributed by atoms with E-state index in [0.29, 0.717) is 5.02 Å². The molecule has 0 bridgehead atoms. The first-order valence-electron chi connectivity index (χ1n) is 6.92. The van der Waals surface area contributed by atoms with Crippen LogP contribution in [-0.4, -0.2) is 5.91 Å². The number of carbonyl (C=O) groups is 1. The Morgan fingerprint density at radius 2 is 1.76 bits per heavy atom. The van der Waals surface area contributed by atoms with E-state index < -0.39 is 0 Å². The number of amides is 1. The highest BCUT2D eigenvalue weighted by atomic mass is 35.5. The molecule has 0 fully saturated rings. The monoisotopic (exact) mass is 302 g/mol. The molecule has 3 nitrogen and oxygen atoms in total. The van der Waals surface area contributed by atoms with Crippen LogP contribution in [0, 0.1) is 0 Å². The van der Waals surface area contributed by atoms with Crippen LogP contribution in [0.4, 0.5) is 0 Å². The van der Waals surface area contributed by atoms with Gasteiger partial charge in [-0.25, -0.2) is 0 Å². The van der Waals surface area contributed by atoms with Gasteiger partial charge in [0.25, 0.3) is 0 Å². The molecule has 2 rings (SSSR count). The van der Waals surface area contributed by atoms with Gasteiger partial charge in [0.15, 0.2) is 0 Å². The van der Waals surface area contributed by atoms with Crippen LogP contribution in [0.1, 0.15) is 36.6 Å². The first kappa shape index (κ1) is 15.5. The van der Waals surface area contributed by atoms with Crippen LogP contribution in [0.15, 0.2) is 54.6 Å². The summed E-state index contributed by atoms with van der Waals surface area (Å²) in [6, 6.07) is 16.7. The number of rotatable bonds is 5. The maximum Gasteiger partial charge on any atom is 0.222 e. The van der Waals surface area contributed by atoms with Crippen molar-refractivity contribution in [2.45, 2.75) is 25.4 Å². The Hall–Kier alpha value is -1.84. The molecule has 0 spiro atoms. The van der Waals surface area contributed by atoms with Gasteiger partial charge in [-0.15, -0.1) is 0 Å². The Balaban J connectivity index is 1.94. The molecule has 1 unspecified atom stereocenters. The van der Waals surface area contributed by atoms with Gasteiger partial charge in [0.2, 0.25) is 5.91 Å². The summed E-state index contributed by atoms with van der Waals surface area (Å²) in [4.78, 5) is 12.1. The smallest absolute Gasteiger partial charge is 0.222 e. The molecular formula is C17H19ClN2O. The third kappa shape index (κ3) is 4.31. The summed E-state index contributed by atoms with van der Waals surface area (Å²) in [6.45, 7) is 1.91. The van der Waals surface area contributed by atoms with Crippen molar-refractivity contribution in [2.75, 3.05) is 0 Å². The zero-order valence-electron chi connectivity index (χ0n) is 11.9. The van der Waals surface area contributed by atoms with Gasteiger partial charge >= 0.3 is 0 Å². The second kappa shape index (κ2) is 7.25. The van der Waals surface area contributed by atoms with Gasteiger partial charge in [0.1, 0.15) is 0 Å². The van der Waals surface area contributed by atoms with Crippen LogP contribution >= 0.6 is 11.6 Å². The van der Waals surface area contributed by atoms with Crippen LogP contribution in [-0.2, 0) is 4.79 Å². The molecule has 0 saturated heterocycles. The summed E-state index contributed by atoms with van der Waals surface area (Å²) >= 11 is 6.13. The molecule has 0 aliphatic heterocycles. The Morgan fingerprint density at radius 1 is 1.14 bits per heavy atom. The summed E-state index contributed by atoms with van der Waals surface area (Å²) in [5.74, 6) is -0.0845. The van der Waals surface area contributed by atoms with Gasteiger partial charge < -0.3 is 11.1 Å². The zero-order chi connectivity index (χ0) is 15.2. The van der Waals surface area contributed by atoms with Crippen molar-refractivity contribution in [3.05, 3.63) is 70.7 Å². The van der Waals surface area contributed by atoms with E-state index in [9.17, 15) is 4.79 Å². The summed E-state index contributed by atoms with van der Waals surface area (Å²) in [5.41, 5.74) is 7.91. The average Bonchev–Trinajstić information content (AvgIpc) is 2.48. The third-order valence-electron chi connectivity index (χ3n) is 3.38. The number of benzene rings is 2. The molecule has 0 aliphatic rings. The predicted molar refractivity (Wildman–Crippen MR) is 86.0 cm³/mol. The molecule has 0 heterocycles. The maximum atomic E-state index is 12.1. The zero-order valence-corrected chi connectivity index (χ0v) is 12.7. The minimum atomic E-state index is -0.301. The van der Waals surface area contributed by atoms with Crippen molar-refractivity contribution in [1.29, 1.82) is 0 Å². The molecule has 2 aromatic rings. The quantitative estimate of drug-likeness (QED) is 0.886. The number of hydrogen-bond donors (Lipinski definition) is 2. The first-order valence-corrected chi connectivity index (χ1v) is 7.30. The van der Waals surface area contributed by atoms with E-state index >= 15 is 0 Å². The van der Waals surface area contributed by atoms with Crippen LogP contribution in [0.25, 0.3) is 0 Å². The van der Waals surface area contributed by atoms with E-state index in [1.54, 1.807) is 0 Å². The molecule has 0 aliphatic carbocycles. The van der Waals surface area contributed by atoms with Gasteiger partial charge in [-0.05, 0) is 24.1 Å². The van der Waals surface area contributed by atoms with E-state index in [0.717, 1.165) is 11.1 Å². The summed E-state index contributed by atoms with van der Waals surface area (Å²) in [6.07, 6.45) is 0.249. The summed E-state index contributed by atoms with van der Waals surface area (Å²) < 4.78 is 0. The van der Waals surface area contributed by atoms with Gasteiger partial charge in [0, 0.05) is 17.5 Å². The van der Waals surface area contributed by atoms with E-state index in [1.165, 1.54) is 0 Å². The molecular weight excluding hydrogens is 284 g/mol. The van der Waals surface area contributed by atoms with Crippen LogP contribution < -0.4 is 11.1 Å². The minimum Gasteiger partial charge on any atom is -0.349 e. The fraction of sp³-hybridized carbons (Fsp3) is 0.235. The fourth-order valence-electron chi connectivity index (χ4n) is 2.22. The molecule has 3 N–H and O–H groups in total. The van der Waals surface area contributed by atoms with E-state index in [4.69, 9.17) is 17.3 Å². The standard InChI is InChI=1S/C17H19ClN2O/c1-12(14-9-5-6-10-15(14)18)20-17(21)11-16(19)13-7-3-2-4-8-13/h2-10,12,16H,11,19H2,1H3,(H,20,21)/t12-,16?/m0/s1. The summed E-state index contributed by atoms with van der Waals surface area (Å²) in [7, 11) is 0. The number of nitrogens with two attached hydrogens (primary N) is 1. The lowest BCUT2D eigenvalue weighted by Crippen LogP contribution is -2.29. The lowest BCUT2D eigenvalue weighted by atomic mass is 10.0. The van der Waals surface area contributed by atoms with Gasteiger partial charge in [-0.3, -0.25) is 4.79 Å². The van der Waals surface area contributed by atoms with Crippen molar-refractivity contribution in [2.24, 2.45) is 5.73 Å². The Labute approximate surface area is 130 Å². The second-order valence-corrected chi connectivity index (χ2v) is 5.44. The number of halogens is 1.